The first-order valence-electron chi connectivity index (χ1n) is 5.01. The topological polar surface area (TPSA) is 115 Å². The summed E-state index contributed by atoms with van der Waals surface area (Å²) < 4.78 is 37.5. The number of fused-ring (bicyclic) bond motifs is 1. The van der Waals surface area contributed by atoms with Crippen molar-refractivity contribution < 1.29 is 44.3 Å². The quantitative estimate of drug-likeness (QED) is 0.496. The Balaban J connectivity index is -0.0000000760. The van der Waals surface area contributed by atoms with E-state index in [0.29, 0.717) is 0 Å². The summed E-state index contributed by atoms with van der Waals surface area (Å²) in [6.07, 6.45) is 0. The molecule has 0 atom stereocenters. The van der Waals surface area contributed by atoms with Crippen molar-refractivity contribution in [1.82, 2.24) is 0 Å². The standard InChI is InChI=1S/C9H12N2.5CO.W/c1-2-11-7-10-8-5-3-4-6-9(8)11;5*1-2;/h3-6,10H,2,7H2,1H3;;;;;;. The van der Waals surface area contributed by atoms with E-state index in [0.717, 1.165) is 13.2 Å². The Bertz CT molecular complexity index is 420. The fraction of sp³-hybridized carbons (Fsp3) is 0.214. The van der Waals surface area contributed by atoms with Crippen LogP contribution in [0, 0.1) is 33.3 Å². The largest absolute Gasteiger partial charge is 0 e. The molecule has 0 aliphatic carbocycles. The summed E-state index contributed by atoms with van der Waals surface area (Å²) in [7, 11) is 0. The molecule has 0 saturated heterocycles. The minimum Gasteiger partial charge on any atom is 0 e. The summed E-state index contributed by atoms with van der Waals surface area (Å²) in [5.74, 6) is 0. The van der Waals surface area contributed by atoms with E-state index in [1.807, 2.05) is 0 Å². The van der Waals surface area contributed by atoms with E-state index in [4.69, 9.17) is 23.3 Å². The van der Waals surface area contributed by atoms with E-state index >= 15 is 0 Å². The van der Waals surface area contributed by atoms with Crippen LogP contribution in [-0.2, 0) is 44.3 Å². The smallest absolute Gasteiger partial charge is 0 e. The minimum atomic E-state index is 0. The van der Waals surface area contributed by atoms with Crippen molar-refractivity contribution in [3.8, 4) is 0 Å². The Hall–Kier alpha value is -1.79. The Morgan fingerprint density at radius 2 is 1.32 bits per heavy atom. The predicted octanol–water partition coefficient (Wildman–Crippen LogP) is 1.71. The van der Waals surface area contributed by atoms with Crippen molar-refractivity contribution in [3.63, 3.8) is 0 Å². The Labute approximate surface area is 143 Å². The number of hydrogen-bond donors (Lipinski definition) is 1. The third kappa shape index (κ3) is 13.2. The second kappa shape index (κ2) is 31.5. The molecule has 0 bridgehead atoms. The second-order valence-electron chi connectivity index (χ2n) is 2.71. The Morgan fingerprint density at radius 3 is 1.73 bits per heavy atom. The van der Waals surface area contributed by atoms with Gasteiger partial charge < -0.3 is 10.2 Å². The average molecular weight is 472 g/mol. The van der Waals surface area contributed by atoms with Gasteiger partial charge in [0.2, 0.25) is 0 Å². The molecule has 0 amide bonds. The van der Waals surface area contributed by atoms with Gasteiger partial charge in [0.25, 0.3) is 0 Å². The van der Waals surface area contributed by atoms with Crippen molar-refractivity contribution in [1.29, 1.82) is 0 Å². The molecule has 1 N–H and O–H groups in total. The van der Waals surface area contributed by atoms with Gasteiger partial charge in [0.15, 0.2) is 0 Å². The van der Waals surface area contributed by atoms with Crippen molar-refractivity contribution in [3.05, 3.63) is 57.5 Å². The average Bonchev–Trinajstić information content (AvgIpc) is 3.07. The summed E-state index contributed by atoms with van der Waals surface area (Å²) in [6, 6.07) is 8.41. The number of anilines is 2. The summed E-state index contributed by atoms with van der Waals surface area (Å²) in [5, 5.41) is 3.33. The maximum Gasteiger partial charge on any atom is 0 e. The van der Waals surface area contributed by atoms with Gasteiger partial charge in [0, 0.05) is 27.6 Å². The monoisotopic (exact) mass is 472 g/mol. The number of benzene rings is 1. The molecule has 1 heterocycles. The van der Waals surface area contributed by atoms with Crippen molar-refractivity contribution >= 4 is 11.4 Å². The Kier molecular flexibility index (Phi) is 46.2. The molecule has 1 aliphatic heterocycles. The molecule has 0 unspecified atom stereocenters. The molecule has 1 aromatic carbocycles. The fourth-order valence-corrected chi connectivity index (χ4v) is 1.45. The fourth-order valence-electron chi connectivity index (χ4n) is 1.45. The number of nitrogens with one attached hydrogen (secondary N) is 1. The summed E-state index contributed by atoms with van der Waals surface area (Å²) in [6.45, 7) is 26.7. The number of rotatable bonds is 1. The minimum absolute atomic E-state index is 0. The molecule has 7 nitrogen and oxygen atoms in total. The van der Waals surface area contributed by atoms with Gasteiger partial charge in [0.05, 0.1) is 18.0 Å². The molecule has 0 radical (unpaired) electrons. The molecule has 1 aliphatic rings. The van der Waals surface area contributed by atoms with Crippen molar-refractivity contribution in [2.24, 2.45) is 0 Å². The summed E-state index contributed by atoms with van der Waals surface area (Å²) >= 11 is 0. The van der Waals surface area contributed by atoms with Crippen LogP contribution in [0.3, 0.4) is 0 Å². The van der Waals surface area contributed by atoms with E-state index in [9.17, 15) is 0 Å². The van der Waals surface area contributed by atoms with Gasteiger partial charge >= 0.3 is 56.5 Å². The SMILES string of the molecule is CCN1CNc2ccccc21.[C-]#[O+].[C-]#[O+].[C-]#[O+].[C-]#[O+].[C-]#[O+].[W]. The zero-order chi connectivity index (χ0) is 17.7. The molecule has 0 fully saturated rings. The van der Waals surface area contributed by atoms with Crippen LogP contribution in [0.1, 0.15) is 6.92 Å². The molecule has 2 rings (SSSR count). The van der Waals surface area contributed by atoms with Crippen LogP contribution >= 0.6 is 0 Å². The molecule has 1 aromatic rings. The van der Waals surface area contributed by atoms with Gasteiger partial charge in [-0.25, -0.2) is 0 Å². The van der Waals surface area contributed by atoms with Crippen LogP contribution in [0.2, 0.25) is 0 Å². The van der Waals surface area contributed by atoms with Crippen molar-refractivity contribution in [2.75, 3.05) is 23.4 Å². The summed E-state index contributed by atoms with van der Waals surface area (Å²) in [4.78, 5) is 2.31. The molecule has 0 saturated carbocycles. The number of nitrogens with zero attached hydrogens (tertiary/aromatic N) is 1. The predicted molar refractivity (Wildman–Crippen MR) is 67.6 cm³/mol. The van der Waals surface area contributed by atoms with E-state index in [1.54, 1.807) is 0 Å². The second-order valence-corrected chi connectivity index (χ2v) is 2.71. The van der Waals surface area contributed by atoms with Crippen LogP contribution in [-0.4, -0.2) is 13.2 Å². The molecule has 0 aromatic heterocycles. The van der Waals surface area contributed by atoms with Crippen LogP contribution in [0.5, 0.6) is 0 Å². The number of para-hydroxylation sites is 2. The molecule has 8 heteroatoms. The molecular weight excluding hydrogens is 460 g/mol. The first-order chi connectivity index (χ1) is 10.4. The van der Waals surface area contributed by atoms with Gasteiger partial charge in [-0.2, -0.15) is 0 Å². The first kappa shape index (κ1) is 32.2. The molecular formula is C14H12N2O5W. The zero-order valence-electron chi connectivity index (χ0n) is 11.6. The van der Waals surface area contributed by atoms with Crippen LogP contribution in [0.15, 0.2) is 24.3 Å². The molecule has 22 heavy (non-hydrogen) atoms. The molecule has 114 valence electrons. The normalized spacial score (nSPS) is 7.68. The van der Waals surface area contributed by atoms with Crippen LogP contribution < -0.4 is 10.2 Å². The van der Waals surface area contributed by atoms with Gasteiger partial charge in [-0.1, -0.05) is 12.1 Å². The maximum absolute atomic E-state index is 7.50. The van der Waals surface area contributed by atoms with Crippen LogP contribution in [0.4, 0.5) is 11.4 Å². The van der Waals surface area contributed by atoms with Gasteiger partial charge in [0.1, 0.15) is 0 Å². The third-order valence-electron chi connectivity index (χ3n) is 2.09. The van der Waals surface area contributed by atoms with Gasteiger partial charge in [-0.15, -0.1) is 0 Å². The van der Waals surface area contributed by atoms with Gasteiger partial charge in [-0.05, 0) is 19.1 Å². The first-order valence-corrected chi connectivity index (χ1v) is 5.01. The molecule has 0 spiro atoms. The zero-order valence-corrected chi connectivity index (χ0v) is 14.6. The maximum atomic E-state index is 7.50. The van der Waals surface area contributed by atoms with E-state index in [1.165, 1.54) is 11.4 Å². The Morgan fingerprint density at radius 1 is 0.909 bits per heavy atom. The van der Waals surface area contributed by atoms with E-state index in [-0.39, 0.29) is 21.1 Å². The number of hydrogen-bond acceptors (Lipinski definition) is 2. The van der Waals surface area contributed by atoms with Crippen molar-refractivity contribution in [2.45, 2.75) is 6.92 Å². The van der Waals surface area contributed by atoms with E-state index in [2.05, 4.69) is 74.7 Å². The van der Waals surface area contributed by atoms with Crippen LogP contribution in [0.25, 0.3) is 0 Å². The summed E-state index contributed by atoms with van der Waals surface area (Å²) in [5.41, 5.74) is 2.59. The van der Waals surface area contributed by atoms with Gasteiger partial charge in [-0.3, -0.25) is 0 Å². The van der Waals surface area contributed by atoms with E-state index < -0.39 is 0 Å². The third-order valence-corrected chi connectivity index (χ3v) is 2.09.